The molecule has 0 aliphatic heterocycles. The number of benzene rings is 3. The lowest BCUT2D eigenvalue weighted by molar-refractivity contribution is 0.0985. The zero-order valence-corrected chi connectivity index (χ0v) is 16.0. The SMILES string of the molecule is O=C(c1cccc2ccccc12)N(Cc1ccco1)c1nc2ccc(F)cc2s1. The van der Waals surface area contributed by atoms with E-state index < -0.39 is 0 Å². The van der Waals surface area contributed by atoms with E-state index in [1.807, 2.05) is 48.5 Å². The van der Waals surface area contributed by atoms with Crippen LogP contribution in [0.2, 0.25) is 0 Å². The second-order valence-corrected chi connectivity index (χ2v) is 7.61. The molecular weight excluding hydrogens is 387 g/mol. The third-order valence-electron chi connectivity index (χ3n) is 4.73. The van der Waals surface area contributed by atoms with E-state index >= 15 is 0 Å². The van der Waals surface area contributed by atoms with Gasteiger partial charge in [0.15, 0.2) is 5.13 Å². The van der Waals surface area contributed by atoms with Gasteiger partial charge in [0.1, 0.15) is 11.6 Å². The number of hydrogen-bond donors (Lipinski definition) is 0. The van der Waals surface area contributed by atoms with Crippen molar-refractivity contribution in [2.75, 3.05) is 4.90 Å². The molecule has 5 aromatic rings. The highest BCUT2D eigenvalue weighted by atomic mass is 32.1. The molecule has 0 saturated carbocycles. The van der Waals surface area contributed by atoms with Gasteiger partial charge in [-0.1, -0.05) is 47.7 Å². The van der Waals surface area contributed by atoms with Gasteiger partial charge in [0, 0.05) is 5.56 Å². The Labute approximate surface area is 169 Å². The van der Waals surface area contributed by atoms with Crippen LogP contribution >= 0.6 is 11.3 Å². The first-order valence-electron chi connectivity index (χ1n) is 9.07. The van der Waals surface area contributed by atoms with Gasteiger partial charge in [0.25, 0.3) is 5.91 Å². The standard InChI is InChI=1S/C23H15FN2O2S/c24-16-10-11-20-21(13-16)29-23(25-20)26(14-17-7-4-12-28-17)22(27)19-9-3-6-15-5-1-2-8-18(15)19/h1-13H,14H2. The van der Waals surface area contributed by atoms with Gasteiger partial charge < -0.3 is 4.42 Å². The summed E-state index contributed by atoms with van der Waals surface area (Å²) in [5, 5.41) is 2.36. The van der Waals surface area contributed by atoms with Crippen molar-refractivity contribution in [2.24, 2.45) is 0 Å². The molecule has 0 fully saturated rings. The molecular formula is C23H15FN2O2S. The number of anilines is 1. The number of rotatable bonds is 4. The molecule has 0 atom stereocenters. The van der Waals surface area contributed by atoms with Crippen LogP contribution in [0.25, 0.3) is 21.0 Å². The fourth-order valence-electron chi connectivity index (χ4n) is 3.34. The molecule has 29 heavy (non-hydrogen) atoms. The molecule has 142 valence electrons. The maximum Gasteiger partial charge on any atom is 0.261 e. The van der Waals surface area contributed by atoms with Crippen molar-refractivity contribution in [1.82, 2.24) is 4.98 Å². The van der Waals surface area contributed by atoms with Crippen LogP contribution in [0, 0.1) is 5.82 Å². The van der Waals surface area contributed by atoms with Crippen LogP contribution in [0.3, 0.4) is 0 Å². The van der Waals surface area contributed by atoms with Gasteiger partial charge in [0.2, 0.25) is 0 Å². The first-order chi connectivity index (χ1) is 14.2. The smallest absolute Gasteiger partial charge is 0.261 e. The van der Waals surface area contributed by atoms with E-state index in [9.17, 15) is 9.18 Å². The molecule has 0 saturated heterocycles. The van der Waals surface area contributed by atoms with Gasteiger partial charge in [-0.15, -0.1) is 0 Å². The molecule has 6 heteroatoms. The van der Waals surface area contributed by atoms with Crippen molar-refractivity contribution in [1.29, 1.82) is 0 Å². The summed E-state index contributed by atoms with van der Waals surface area (Å²) in [5.41, 5.74) is 1.24. The predicted octanol–water partition coefficient (Wildman–Crippen LogP) is 6.03. The minimum Gasteiger partial charge on any atom is -0.467 e. The first kappa shape index (κ1) is 17.6. The second kappa shape index (κ2) is 7.14. The van der Waals surface area contributed by atoms with Crippen molar-refractivity contribution in [2.45, 2.75) is 6.54 Å². The largest absolute Gasteiger partial charge is 0.467 e. The number of carbonyl (C=O) groups is 1. The van der Waals surface area contributed by atoms with Gasteiger partial charge >= 0.3 is 0 Å². The first-order valence-corrected chi connectivity index (χ1v) is 9.89. The van der Waals surface area contributed by atoms with E-state index in [4.69, 9.17) is 4.42 Å². The van der Waals surface area contributed by atoms with Crippen LogP contribution < -0.4 is 4.90 Å². The Morgan fingerprint density at radius 2 is 1.90 bits per heavy atom. The van der Waals surface area contributed by atoms with Crippen LogP contribution in [0.5, 0.6) is 0 Å². The third-order valence-corrected chi connectivity index (χ3v) is 5.77. The van der Waals surface area contributed by atoms with Crippen molar-refractivity contribution >= 4 is 43.4 Å². The molecule has 4 nitrogen and oxygen atoms in total. The molecule has 0 bridgehead atoms. The zero-order chi connectivity index (χ0) is 19.8. The summed E-state index contributed by atoms with van der Waals surface area (Å²) < 4.78 is 19.8. The zero-order valence-electron chi connectivity index (χ0n) is 15.2. The highest BCUT2D eigenvalue weighted by Gasteiger charge is 2.24. The Balaban J connectivity index is 1.63. The molecule has 0 N–H and O–H groups in total. The van der Waals surface area contributed by atoms with Crippen LogP contribution in [0.4, 0.5) is 9.52 Å². The summed E-state index contributed by atoms with van der Waals surface area (Å²) in [5.74, 6) is 0.132. The summed E-state index contributed by atoms with van der Waals surface area (Å²) >= 11 is 1.28. The molecule has 0 aliphatic rings. The van der Waals surface area contributed by atoms with E-state index in [0.717, 1.165) is 10.8 Å². The number of fused-ring (bicyclic) bond motifs is 2. The molecule has 0 spiro atoms. The third kappa shape index (κ3) is 3.28. The molecule has 0 radical (unpaired) electrons. The molecule has 5 rings (SSSR count). The van der Waals surface area contributed by atoms with Gasteiger partial charge in [-0.05, 0) is 47.2 Å². The number of nitrogens with zero attached hydrogens (tertiary/aromatic N) is 2. The fourth-order valence-corrected chi connectivity index (χ4v) is 4.33. The summed E-state index contributed by atoms with van der Waals surface area (Å²) in [7, 11) is 0. The topological polar surface area (TPSA) is 46.3 Å². The number of aromatic nitrogens is 1. The van der Waals surface area contributed by atoms with Crippen LogP contribution in [-0.2, 0) is 6.54 Å². The highest BCUT2D eigenvalue weighted by molar-refractivity contribution is 7.22. The van der Waals surface area contributed by atoms with Gasteiger partial charge in [-0.2, -0.15) is 0 Å². The average Bonchev–Trinajstić information content (AvgIpc) is 3.40. The number of furan rings is 1. The predicted molar refractivity (Wildman–Crippen MR) is 113 cm³/mol. The fraction of sp³-hybridized carbons (Fsp3) is 0.0435. The van der Waals surface area contributed by atoms with E-state index in [1.165, 1.54) is 23.5 Å². The Morgan fingerprint density at radius 1 is 1.03 bits per heavy atom. The Kier molecular flexibility index (Phi) is 4.33. The summed E-state index contributed by atoms with van der Waals surface area (Å²) in [4.78, 5) is 19.8. The number of thiazole rings is 1. The Hall–Kier alpha value is -3.51. The minimum absolute atomic E-state index is 0.183. The lowest BCUT2D eigenvalue weighted by Crippen LogP contribution is -2.30. The van der Waals surface area contributed by atoms with Gasteiger partial charge in [0.05, 0.1) is 23.0 Å². The van der Waals surface area contributed by atoms with E-state index in [0.29, 0.717) is 26.7 Å². The number of hydrogen-bond acceptors (Lipinski definition) is 4. The van der Waals surface area contributed by atoms with Crippen molar-refractivity contribution in [3.8, 4) is 0 Å². The average molecular weight is 402 g/mol. The highest BCUT2D eigenvalue weighted by Crippen LogP contribution is 2.32. The van der Waals surface area contributed by atoms with Crippen LogP contribution in [-0.4, -0.2) is 10.9 Å². The maximum atomic E-state index is 13.6. The quantitative estimate of drug-likeness (QED) is 0.369. The van der Waals surface area contributed by atoms with Crippen molar-refractivity contribution in [3.05, 3.63) is 96.2 Å². The molecule has 0 aliphatic carbocycles. The van der Waals surface area contributed by atoms with Gasteiger partial charge in [-0.25, -0.2) is 9.37 Å². The lowest BCUT2D eigenvalue weighted by atomic mass is 10.0. The monoisotopic (exact) mass is 402 g/mol. The Bertz CT molecular complexity index is 1320. The molecule has 3 aromatic carbocycles. The molecule has 2 heterocycles. The van der Waals surface area contributed by atoms with Crippen LogP contribution in [0.15, 0.2) is 83.5 Å². The van der Waals surface area contributed by atoms with Crippen LogP contribution in [0.1, 0.15) is 16.1 Å². The summed E-state index contributed by atoms with van der Waals surface area (Å²) in [6.45, 7) is 0.233. The molecule has 1 amide bonds. The van der Waals surface area contributed by atoms with Gasteiger partial charge in [-0.3, -0.25) is 9.69 Å². The summed E-state index contributed by atoms with van der Waals surface area (Å²) in [6.07, 6.45) is 1.57. The van der Waals surface area contributed by atoms with Crippen molar-refractivity contribution < 1.29 is 13.6 Å². The Morgan fingerprint density at radius 3 is 2.76 bits per heavy atom. The number of amides is 1. The molecule has 2 aromatic heterocycles. The lowest BCUT2D eigenvalue weighted by Gasteiger charge is -2.19. The molecule has 0 unspecified atom stereocenters. The normalized spacial score (nSPS) is 11.2. The van der Waals surface area contributed by atoms with Crippen molar-refractivity contribution in [3.63, 3.8) is 0 Å². The second-order valence-electron chi connectivity index (χ2n) is 6.61. The van der Waals surface area contributed by atoms with E-state index in [2.05, 4.69) is 4.98 Å². The summed E-state index contributed by atoms with van der Waals surface area (Å²) in [6, 6.07) is 21.4. The van der Waals surface area contributed by atoms with E-state index in [-0.39, 0.29) is 18.3 Å². The maximum absolute atomic E-state index is 13.6. The minimum atomic E-state index is -0.328. The van der Waals surface area contributed by atoms with E-state index in [1.54, 1.807) is 23.3 Å². The number of halogens is 1. The number of carbonyl (C=O) groups excluding carboxylic acids is 1.